The van der Waals surface area contributed by atoms with Crippen LogP contribution in [0, 0.1) is 6.92 Å². The zero-order valence-electron chi connectivity index (χ0n) is 13.7. The molecule has 1 radical (unpaired) electrons. The van der Waals surface area contributed by atoms with Gasteiger partial charge in [-0.1, -0.05) is 65.8 Å². The van der Waals surface area contributed by atoms with Gasteiger partial charge in [-0.05, 0) is 57.7 Å². The van der Waals surface area contributed by atoms with Crippen molar-refractivity contribution in [3.63, 3.8) is 0 Å². The molecule has 20 heavy (non-hydrogen) atoms. The topological polar surface area (TPSA) is 0 Å². The second kappa shape index (κ2) is 5.60. The lowest BCUT2D eigenvalue weighted by Crippen LogP contribution is -2.09. The van der Waals surface area contributed by atoms with Crippen LogP contribution in [-0.4, -0.2) is 0 Å². The van der Waals surface area contributed by atoms with Crippen molar-refractivity contribution in [3.05, 3.63) is 53.4 Å². The van der Waals surface area contributed by atoms with Crippen molar-refractivity contribution in [3.8, 4) is 0 Å². The average molecular weight is 267 g/mol. The molecular weight excluding hydrogens is 240 g/mol. The van der Waals surface area contributed by atoms with Crippen LogP contribution in [-0.2, 0) is 0 Å². The summed E-state index contributed by atoms with van der Waals surface area (Å²) in [6, 6.07) is 8.75. The predicted molar refractivity (Wildman–Crippen MR) is 90.7 cm³/mol. The lowest BCUT2D eigenvalue weighted by Gasteiger charge is -2.27. The number of benzene rings is 2. The van der Waals surface area contributed by atoms with Gasteiger partial charge in [0.25, 0.3) is 0 Å². The van der Waals surface area contributed by atoms with E-state index >= 15 is 0 Å². The van der Waals surface area contributed by atoms with E-state index in [-0.39, 0.29) is 0 Å². The van der Waals surface area contributed by atoms with Crippen molar-refractivity contribution in [1.29, 1.82) is 0 Å². The minimum absolute atomic E-state index is 0.516. The molecule has 0 aliphatic heterocycles. The van der Waals surface area contributed by atoms with Crippen LogP contribution in [0.15, 0.2) is 24.3 Å². The molecule has 0 aliphatic rings. The molecule has 0 saturated carbocycles. The molecule has 0 aliphatic carbocycles. The van der Waals surface area contributed by atoms with E-state index in [0.29, 0.717) is 17.8 Å². The molecule has 0 atom stereocenters. The molecule has 2 rings (SSSR count). The zero-order chi connectivity index (χ0) is 15.0. The standard InChI is InChI=1S/C20H27/c1-12(2)18-15(7)16-10-8-9-11-17(16)19(13(3)4)20(18)14(5)6/h8-14H,7H2,1-6H3. The molecule has 0 aromatic heterocycles. The van der Waals surface area contributed by atoms with E-state index in [9.17, 15) is 0 Å². The van der Waals surface area contributed by atoms with E-state index in [4.69, 9.17) is 0 Å². The van der Waals surface area contributed by atoms with Crippen molar-refractivity contribution < 1.29 is 0 Å². The summed E-state index contributed by atoms with van der Waals surface area (Å²) in [7, 11) is 0. The van der Waals surface area contributed by atoms with Gasteiger partial charge in [-0.2, -0.15) is 0 Å². The molecule has 0 N–H and O–H groups in total. The van der Waals surface area contributed by atoms with Gasteiger partial charge < -0.3 is 0 Å². The average Bonchev–Trinajstić information content (AvgIpc) is 2.37. The molecule has 0 unspecified atom stereocenters. The number of hydrogen-bond donors (Lipinski definition) is 0. The van der Waals surface area contributed by atoms with Crippen molar-refractivity contribution in [2.75, 3.05) is 0 Å². The first kappa shape index (κ1) is 15.1. The molecule has 2 aromatic carbocycles. The molecule has 107 valence electrons. The Balaban J connectivity index is 3.03. The lowest BCUT2D eigenvalue weighted by atomic mass is 9.77. The molecule has 0 saturated heterocycles. The second-order valence-corrected chi connectivity index (χ2v) is 6.73. The largest absolute Gasteiger partial charge is 0.0616 e. The molecule has 2 aromatic rings. The van der Waals surface area contributed by atoms with Crippen molar-refractivity contribution in [2.45, 2.75) is 59.3 Å². The summed E-state index contributed by atoms with van der Waals surface area (Å²) in [4.78, 5) is 0. The quantitative estimate of drug-likeness (QED) is 0.604. The van der Waals surface area contributed by atoms with Gasteiger partial charge in [0.15, 0.2) is 0 Å². The van der Waals surface area contributed by atoms with E-state index in [2.05, 4.69) is 72.7 Å². The highest BCUT2D eigenvalue weighted by atomic mass is 14.3. The smallest absolute Gasteiger partial charge is 0.0143 e. The first-order chi connectivity index (χ1) is 9.36. The van der Waals surface area contributed by atoms with Crippen LogP contribution >= 0.6 is 0 Å². The summed E-state index contributed by atoms with van der Waals surface area (Å²) in [5.41, 5.74) is 5.73. The first-order valence-electron chi connectivity index (χ1n) is 7.76. The maximum Gasteiger partial charge on any atom is -0.0143 e. The van der Waals surface area contributed by atoms with Crippen LogP contribution in [0.25, 0.3) is 10.8 Å². The monoisotopic (exact) mass is 267 g/mol. The van der Waals surface area contributed by atoms with E-state index < -0.39 is 0 Å². The Morgan fingerprint density at radius 1 is 0.650 bits per heavy atom. The van der Waals surface area contributed by atoms with Crippen LogP contribution in [0.1, 0.15) is 81.5 Å². The Bertz CT molecular complexity index is 615. The van der Waals surface area contributed by atoms with E-state index in [1.54, 1.807) is 0 Å². The summed E-state index contributed by atoms with van der Waals surface area (Å²) in [5, 5.41) is 2.71. The first-order valence-corrected chi connectivity index (χ1v) is 7.76. The normalized spacial score (nSPS) is 12.1. The van der Waals surface area contributed by atoms with Crippen LogP contribution in [0.4, 0.5) is 0 Å². The van der Waals surface area contributed by atoms with Crippen LogP contribution in [0.3, 0.4) is 0 Å². The van der Waals surface area contributed by atoms with Crippen LogP contribution in [0.2, 0.25) is 0 Å². The third kappa shape index (κ3) is 2.37. The lowest BCUT2D eigenvalue weighted by molar-refractivity contribution is 0.752. The van der Waals surface area contributed by atoms with Gasteiger partial charge in [0, 0.05) is 0 Å². The zero-order valence-corrected chi connectivity index (χ0v) is 13.7. The van der Waals surface area contributed by atoms with E-state index in [0.717, 1.165) is 0 Å². The van der Waals surface area contributed by atoms with Gasteiger partial charge in [0.05, 0.1) is 0 Å². The van der Waals surface area contributed by atoms with Gasteiger partial charge in [0.1, 0.15) is 0 Å². The maximum absolute atomic E-state index is 4.41. The molecular formula is C20H27. The van der Waals surface area contributed by atoms with Gasteiger partial charge in [0.2, 0.25) is 0 Å². The number of hydrogen-bond acceptors (Lipinski definition) is 0. The Hall–Kier alpha value is -1.30. The molecule has 0 heteroatoms. The van der Waals surface area contributed by atoms with Gasteiger partial charge in [-0.25, -0.2) is 0 Å². The Kier molecular flexibility index (Phi) is 4.22. The number of rotatable bonds is 3. The fourth-order valence-corrected chi connectivity index (χ4v) is 3.48. The third-order valence-corrected chi connectivity index (χ3v) is 4.18. The molecule has 0 spiro atoms. The second-order valence-electron chi connectivity index (χ2n) is 6.73. The van der Waals surface area contributed by atoms with E-state index in [1.165, 1.54) is 33.0 Å². The minimum atomic E-state index is 0.516. The minimum Gasteiger partial charge on any atom is -0.0616 e. The van der Waals surface area contributed by atoms with Crippen molar-refractivity contribution in [2.24, 2.45) is 0 Å². The molecule has 0 nitrogen and oxygen atoms in total. The number of fused-ring (bicyclic) bond motifs is 1. The summed E-state index contributed by atoms with van der Waals surface area (Å²) in [6.45, 7) is 18.2. The van der Waals surface area contributed by atoms with E-state index in [1.807, 2.05) is 0 Å². The maximum atomic E-state index is 4.41. The van der Waals surface area contributed by atoms with Gasteiger partial charge in [-0.15, -0.1) is 0 Å². The summed E-state index contributed by atoms with van der Waals surface area (Å²) in [6.07, 6.45) is 0. The predicted octanol–water partition coefficient (Wildman–Crippen LogP) is 6.39. The Morgan fingerprint density at radius 3 is 1.55 bits per heavy atom. The Morgan fingerprint density at radius 2 is 1.10 bits per heavy atom. The molecule has 0 heterocycles. The van der Waals surface area contributed by atoms with Crippen molar-refractivity contribution in [1.82, 2.24) is 0 Å². The van der Waals surface area contributed by atoms with Gasteiger partial charge in [-0.3, -0.25) is 0 Å². The van der Waals surface area contributed by atoms with Crippen LogP contribution < -0.4 is 0 Å². The fraction of sp³-hybridized carbons (Fsp3) is 0.450. The highest BCUT2D eigenvalue weighted by Crippen LogP contribution is 2.41. The fourth-order valence-electron chi connectivity index (χ4n) is 3.48. The summed E-state index contributed by atoms with van der Waals surface area (Å²) < 4.78 is 0. The van der Waals surface area contributed by atoms with Crippen molar-refractivity contribution >= 4 is 10.8 Å². The molecule has 0 amide bonds. The highest BCUT2D eigenvalue weighted by Gasteiger charge is 2.22. The summed E-state index contributed by atoms with van der Waals surface area (Å²) >= 11 is 0. The summed E-state index contributed by atoms with van der Waals surface area (Å²) in [5.74, 6) is 1.59. The molecule has 0 bridgehead atoms. The third-order valence-electron chi connectivity index (χ3n) is 4.18. The highest BCUT2D eigenvalue weighted by molar-refractivity contribution is 5.92. The van der Waals surface area contributed by atoms with Gasteiger partial charge >= 0.3 is 0 Å². The molecule has 0 fully saturated rings. The Labute approximate surface area is 124 Å². The van der Waals surface area contributed by atoms with Crippen LogP contribution in [0.5, 0.6) is 0 Å². The SMILES string of the molecule is [CH2]c1c(C(C)C)c(C(C)C)c(C(C)C)c2ccccc12.